The fraction of sp³-hybridized carbons (Fsp3) is 0.350. The van der Waals surface area contributed by atoms with Crippen LogP contribution in [0.5, 0.6) is 5.75 Å². The van der Waals surface area contributed by atoms with E-state index in [0.717, 1.165) is 9.87 Å². The number of ether oxygens (including phenoxy) is 2. The minimum Gasteiger partial charge on any atom is -0.489 e. The van der Waals surface area contributed by atoms with Gasteiger partial charge in [0.05, 0.1) is 17.1 Å². The number of rotatable bonds is 6. The van der Waals surface area contributed by atoms with Crippen LogP contribution >= 0.6 is 0 Å². The third-order valence-electron chi connectivity index (χ3n) is 4.84. The van der Waals surface area contributed by atoms with Gasteiger partial charge in [-0.3, -0.25) is 10.0 Å². The van der Waals surface area contributed by atoms with Crippen LogP contribution in [-0.2, 0) is 26.2 Å². The van der Waals surface area contributed by atoms with E-state index in [0.29, 0.717) is 5.75 Å². The molecule has 2 N–H and O–H groups in total. The maximum absolute atomic E-state index is 13.2. The molecule has 1 saturated heterocycles. The van der Waals surface area contributed by atoms with Crippen LogP contribution in [-0.4, -0.2) is 48.6 Å². The van der Waals surface area contributed by atoms with Crippen molar-refractivity contribution in [2.45, 2.75) is 37.0 Å². The number of hydrogen-bond donors (Lipinski definition) is 2. The van der Waals surface area contributed by atoms with Crippen LogP contribution in [0.1, 0.15) is 19.4 Å². The van der Waals surface area contributed by atoms with Gasteiger partial charge in [0.1, 0.15) is 24.2 Å². The normalized spacial score (nSPS) is 19.3. The lowest BCUT2D eigenvalue weighted by Gasteiger charge is -2.43. The highest BCUT2D eigenvalue weighted by Gasteiger charge is 2.48. The minimum absolute atomic E-state index is 0.0231. The Morgan fingerprint density at radius 3 is 2.47 bits per heavy atom. The number of halogens is 1. The van der Waals surface area contributed by atoms with Crippen LogP contribution in [0.3, 0.4) is 0 Å². The molecular formula is C20H23FN2O6S. The maximum Gasteiger partial charge on any atom is 0.264 e. The van der Waals surface area contributed by atoms with Crippen molar-refractivity contribution in [2.24, 2.45) is 0 Å². The number of hydrogen-bond acceptors (Lipinski definition) is 6. The van der Waals surface area contributed by atoms with Crippen LogP contribution in [0.15, 0.2) is 53.4 Å². The first-order valence-corrected chi connectivity index (χ1v) is 10.7. The average molecular weight is 438 g/mol. The Labute approximate surface area is 174 Å². The third-order valence-corrected chi connectivity index (χ3v) is 6.72. The molecule has 30 heavy (non-hydrogen) atoms. The summed E-state index contributed by atoms with van der Waals surface area (Å²) in [5, 5.41) is 9.06. The number of nitrogens with zero attached hydrogens (tertiary/aromatic N) is 1. The van der Waals surface area contributed by atoms with Gasteiger partial charge in [0.2, 0.25) is 10.0 Å². The quantitative estimate of drug-likeness (QED) is 0.529. The topological polar surface area (TPSA) is 105 Å². The fourth-order valence-electron chi connectivity index (χ4n) is 3.31. The van der Waals surface area contributed by atoms with Gasteiger partial charge >= 0.3 is 0 Å². The van der Waals surface area contributed by atoms with Crippen molar-refractivity contribution in [1.82, 2.24) is 9.79 Å². The Balaban J connectivity index is 1.78. The van der Waals surface area contributed by atoms with Crippen molar-refractivity contribution >= 4 is 15.9 Å². The van der Waals surface area contributed by atoms with Crippen LogP contribution in [0, 0.1) is 5.82 Å². The van der Waals surface area contributed by atoms with Gasteiger partial charge in [0, 0.05) is 6.54 Å². The van der Waals surface area contributed by atoms with E-state index in [4.69, 9.17) is 14.7 Å². The second kappa shape index (κ2) is 8.68. The number of morpholine rings is 1. The van der Waals surface area contributed by atoms with Gasteiger partial charge in [-0.25, -0.2) is 18.3 Å². The summed E-state index contributed by atoms with van der Waals surface area (Å²) >= 11 is 0. The lowest BCUT2D eigenvalue weighted by atomic mass is 9.96. The molecule has 1 amide bonds. The zero-order valence-corrected chi connectivity index (χ0v) is 17.4. The zero-order chi connectivity index (χ0) is 21.9. The molecule has 0 aromatic heterocycles. The molecule has 0 bridgehead atoms. The molecule has 162 valence electrons. The fourth-order valence-corrected chi connectivity index (χ4v) is 5.00. The van der Waals surface area contributed by atoms with Crippen molar-refractivity contribution in [3.8, 4) is 5.75 Å². The number of hydroxylamine groups is 1. The summed E-state index contributed by atoms with van der Waals surface area (Å²) in [5.74, 6) is -0.777. The van der Waals surface area contributed by atoms with Crippen LogP contribution in [0.25, 0.3) is 0 Å². The first kappa shape index (κ1) is 22.2. The second-order valence-corrected chi connectivity index (χ2v) is 9.22. The van der Waals surface area contributed by atoms with Gasteiger partial charge in [-0.2, -0.15) is 4.31 Å². The SMILES string of the molecule is CC1(C)OCCN(S(=O)(=O)c2ccc(OCc3ccc(F)cc3)cc2)[C@H]1C(=O)NO. The van der Waals surface area contributed by atoms with Gasteiger partial charge in [-0.05, 0) is 55.8 Å². The van der Waals surface area contributed by atoms with Crippen LogP contribution < -0.4 is 10.2 Å². The summed E-state index contributed by atoms with van der Waals surface area (Å²) in [4.78, 5) is 12.2. The summed E-state index contributed by atoms with van der Waals surface area (Å²) in [6.07, 6.45) is 0. The highest BCUT2D eigenvalue weighted by molar-refractivity contribution is 7.89. The van der Waals surface area contributed by atoms with Gasteiger partial charge in [0.25, 0.3) is 5.91 Å². The van der Waals surface area contributed by atoms with E-state index < -0.39 is 27.6 Å². The minimum atomic E-state index is -4.04. The number of benzene rings is 2. The van der Waals surface area contributed by atoms with Crippen molar-refractivity contribution in [3.63, 3.8) is 0 Å². The van der Waals surface area contributed by atoms with Crippen molar-refractivity contribution < 1.29 is 32.3 Å². The van der Waals surface area contributed by atoms with Gasteiger partial charge in [-0.15, -0.1) is 0 Å². The number of nitrogens with one attached hydrogen (secondary N) is 1. The van der Waals surface area contributed by atoms with Gasteiger partial charge < -0.3 is 9.47 Å². The van der Waals surface area contributed by atoms with E-state index in [1.165, 1.54) is 41.9 Å². The zero-order valence-electron chi connectivity index (χ0n) is 16.5. The Kier molecular flexibility index (Phi) is 6.41. The molecule has 2 aromatic rings. The number of sulfonamides is 1. The lowest BCUT2D eigenvalue weighted by Crippen LogP contribution is -2.64. The van der Waals surface area contributed by atoms with E-state index in [9.17, 15) is 17.6 Å². The molecule has 1 atom stereocenters. The highest BCUT2D eigenvalue weighted by atomic mass is 32.2. The van der Waals surface area contributed by atoms with E-state index in [2.05, 4.69) is 0 Å². The first-order valence-electron chi connectivity index (χ1n) is 9.22. The van der Waals surface area contributed by atoms with E-state index >= 15 is 0 Å². The summed E-state index contributed by atoms with van der Waals surface area (Å²) in [6, 6.07) is 10.4. The summed E-state index contributed by atoms with van der Waals surface area (Å²) in [6.45, 7) is 3.44. The molecule has 1 aliphatic heterocycles. The summed E-state index contributed by atoms with van der Waals surface area (Å²) in [5.41, 5.74) is 1.16. The molecule has 1 heterocycles. The van der Waals surface area contributed by atoms with Crippen molar-refractivity contribution in [3.05, 3.63) is 59.9 Å². The molecule has 3 rings (SSSR count). The molecule has 1 aliphatic rings. The first-order chi connectivity index (χ1) is 14.1. The monoisotopic (exact) mass is 438 g/mol. The smallest absolute Gasteiger partial charge is 0.264 e. The largest absolute Gasteiger partial charge is 0.489 e. The molecule has 0 unspecified atom stereocenters. The Morgan fingerprint density at radius 2 is 1.87 bits per heavy atom. The second-order valence-electron chi connectivity index (χ2n) is 7.33. The number of carbonyl (C=O) groups excluding carboxylic acids is 1. The molecule has 0 saturated carbocycles. The van der Waals surface area contributed by atoms with E-state index in [1.807, 2.05) is 0 Å². The standard InChI is InChI=1S/C20H23FN2O6S/c1-20(2)18(19(24)22-25)23(11-12-29-20)30(26,27)17-9-7-16(8-10-17)28-13-14-3-5-15(21)6-4-14/h3-10,18,25H,11-13H2,1-2H3,(H,22,24)/t18-/m0/s1. The van der Waals surface area contributed by atoms with Crippen LogP contribution in [0.2, 0.25) is 0 Å². The third kappa shape index (κ3) is 4.62. The maximum atomic E-state index is 13.2. The average Bonchev–Trinajstić information content (AvgIpc) is 2.72. The molecule has 10 heteroatoms. The summed E-state index contributed by atoms with van der Waals surface area (Å²) < 4.78 is 51.5. The molecule has 2 aromatic carbocycles. The predicted octanol–water partition coefficient (Wildman–Crippen LogP) is 2.08. The van der Waals surface area contributed by atoms with Crippen molar-refractivity contribution in [1.29, 1.82) is 0 Å². The summed E-state index contributed by atoms with van der Waals surface area (Å²) in [7, 11) is -4.04. The predicted molar refractivity (Wildman–Crippen MR) is 105 cm³/mol. The van der Waals surface area contributed by atoms with Gasteiger partial charge in [-0.1, -0.05) is 12.1 Å². The van der Waals surface area contributed by atoms with Crippen molar-refractivity contribution in [2.75, 3.05) is 13.2 Å². The lowest BCUT2D eigenvalue weighted by molar-refractivity contribution is -0.154. The Hall–Kier alpha value is -2.53. The Morgan fingerprint density at radius 1 is 1.23 bits per heavy atom. The molecule has 0 radical (unpaired) electrons. The van der Waals surface area contributed by atoms with E-state index in [-0.39, 0.29) is 30.5 Å². The number of carbonyl (C=O) groups is 1. The Bertz CT molecular complexity index is 993. The molecule has 0 spiro atoms. The number of amides is 1. The molecule has 1 fully saturated rings. The molecular weight excluding hydrogens is 415 g/mol. The highest BCUT2D eigenvalue weighted by Crippen LogP contribution is 2.30. The van der Waals surface area contributed by atoms with Crippen LogP contribution in [0.4, 0.5) is 4.39 Å². The van der Waals surface area contributed by atoms with E-state index in [1.54, 1.807) is 26.0 Å². The van der Waals surface area contributed by atoms with Gasteiger partial charge in [0.15, 0.2) is 0 Å². The molecule has 8 nitrogen and oxygen atoms in total. The molecule has 0 aliphatic carbocycles.